The minimum Gasteiger partial charge on any atom is -0.356 e. The van der Waals surface area contributed by atoms with Crippen LogP contribution in [-0.4, -0.2) is 60.6 Å². The lowest BCUT2D eigenvalue weighted by Gasteiger charge is -2.36. The minimum absolute atomic E-state index is 0. The van der Waals surface area contributed by atoms with E-state index < -0.39 is 0 Å². The molecule has 0 bridgehead atoms. The normalized spacial score (nSPS) is 15.7. The highest BCUT2D eigenvalue weighted by Gasteiger charge is 2.20. The first kappa shape index (κ1) is 18.9. The second-order valence-electron chi connectivity index (χ2n) is 5.68. The predicted octanol–water partition coefficient (Wildman–Crippen LogP) is 1.84. The topological polar surface area (TPSA) is 56.7 Å². The maximum atomic E-state index is 4.39. The van der Waals surface area contributed by atoms with E-state index in [0.717, 1.165) is 51.1 Å². The summed E-state index contributed by atoms with van der Waals surface area (Å²) in [7, 11) is 1.85. The molecule has 0 atom stereocenters. The van der Waals surface area contributed by atoms with Crippen molar-refractivity contribution in [2.45, 2.75) is 20.3 Å². The maximum absolute atomic E-state index is 4.39. The number of aromatic nitrogens is 2. The third kappa shape index (κ3) is 5.58. The highest BCUT2D eigenvalue weighted by molar-refractivity contribution is 14.0. The zero-order valence-electron chi connectivity index (χ0n) is 13.7. The molecule has 0 amide bonds. The Morgan fingerprint density at radius 2 is 1.86 bits per heavy atom. The van der Waals surface area contributed by atoms with Gasteiger partial charge in [-0.2, -0.15) is 0 Å². The van der Waals surface area contributed by atoms with Crippen LogP contribution in [0.15, 0.2) is 23.5 Å². The van der Waals surface area contributed by atoms with Crippen LogP contribution in [0.4, 0.5) is 5.95 Å². The Hall–Kier alpha value is -1.12. The lowest BCUT2D eigenvalue weighted by molar-refractivity contribution is 0.368. The Morgan fingerprint density at radius 1 is 1.23 bits per heavy atom. The van der Waals surface area contributed by atoms with E-state index in [1.165, 1.54) is 0 Å². The average molecular weight is 418 g/mol. The van der Waals surface area contributed by atoms with Gasteiger partial charge in [-0.05, 0) is 18.4 Å². The molecule has 2 heterocycles. The molecule has 0 radical (unpaired) electrons. The Kier molecular flexibility index (Phi) is 8.44. The minimum atomic E-state index is 0. The first-order valence-electron chi connectivity index (χ1n) is 7.68. The van der Waals surface area contributed by atoms with Gasteiger partial charge in [0.05, 0.1) is 0 Å². The van der Waals surface area contributed by atoms with Gasteiger partial charge in [-0.3, -0.25) is 4.99 Å². The number of halogens is 1. The Bertz CT molecular complexity index is 443. The van der Waals surface area contributed by atoms with Crippen molar-refractivity contribution in [1.82, 2.24) is 20.2 Å². The standard InChI is InChI=1S/C15H26N6.HI/c1-13(2)5-8-19-14(16-3)20-9-11-21(12-10-20)15-17-6-4-7-18-15;/h4,6-7,13H,5,8-12H2,1-3H3,(H,16,19);1H. The van der Waals surface area contributed by atoms with Crippen LogP contribution in [0.2, 0.25) is 0 Å². The number of guanidine groups is 1. The Labute approximate surface area is 150 Å². The maximum Gasteiger partial charge on any atom is 0.225 e. The van der Waals surface area contributed by atoms with Crippen molar-refractivity contribution in [2.75, 3.05) is 44.7 Å². The third-order valence-electron chi connectivity index (χ3n) is 3.63. The number of rotatable bonds is 4. The molecule has 1 aliphatic heterocycles. The van der Waals surface area contributed by atoms with Gasteiger partial charge in [-0.15, -0.1) is 24.0 Å². The molecule has 0 unspecified atom stereocenters. The van der Waals surface area contributed by atoms with Crippen LogP contribution in [0.3, 0.4) is 0 Å². The highest BCUT2D eigenvalue weighted by Crippen LogP contribution is 2.09. The van der Waals surface area contributed by atoms with Gasteiger partial charge >= 0.3 is 0 Å². The zero-order valence-corrected chi connectivity index (χ0v) is 16.0. The van der Waals surface area contributed by atoms with Gasteiger partial charge in [0.25, 0.3) is 0 Å². The number of nitrogens with zero attached hydrogens (tertiary/aromatic N) is 5. The molecule has 2 rings (SSSR count). The van der Waals surface area contributed by atoms with E-state index in [-0.39, 0.29) is 24.0 Å². The second kappa shape index (κ2) is 9.81. The molecule has 0 aliphatic carbocycles. The zero-order chi connectivity index (χ0) is 15.1. The summed E-state index contributed by atoms with van der Waals surface area (Å²) in [5.41, 5.74) is 0. The van der Waals surface area contributed by atoms with E-state index in [4.69, 9.17) is 0 Å². The predicted molar refractivity (Wildman–Crippen MR) is 102 cm³/mol. The van der Waals surface area contributed by atoms with Gasteiger partial charge in [0.2, 0.25) is 5.95 Å². The molecule has 7 heteroatoms. The van der Waals surface area contributed by atoms with Gasteiger partial charge in [0, 0.05) is 52.2 Å². The molecule has 0 spiro atoms. The fourth-order valence-corrected chi connectivity index (χ4v) is 2.38. The van der Waals surface area contributed by atoms with Gasteiger partial charge in [-0.25, -0.2) is 9.97 Å². The summed E-state index contributed by atoms with van der Waals surface area (Å²) in [5.74, 6) is 2.53. The SMILES string of the molecule is CN=C(NCCC(C)C)N1CCN(c2ncccn2)CC1.I. The first-order chi connectivity index (χ1) is 10.2. The summed E-state index contributed by atoms with van der Waals surface area (Å²) in [4.78, 5) is 17.5. The van der Waals surface area contributed by atoms with Crippen LogP contribution in [-0.2, 0) is 0 Å². The molecule has 0 saturated carbocycles. The molecule has 1 aromatic rings. The second-order valence-corrected chi connectivity index (χ2v) is 5.68. The summed E-state index contributed by atoms with van der Waals surface area (Å²) in [6.45, 7) is 9.20. The van der Waals surface area contributed by atoms with Crippen LogP contribution in [0.5, 0.6) is 0 Å². The smallest absolute Gasteiger partial charge is 0.225 e. The number of hydrogen-bond donors (Lipinski definition) is 1. The molecule has 1 fully saturated rings. The molecule has 1 saturated heterocycles. The van der Waals surface area contributed by atoms with Crippen LogP contribution in [0, 0.1) is 5.92 Å². The number of piperazine rings is 1. The van der Waals surface area contributed by atoms with Crippen LogP contribution >= 0.6 is 24.0 Å². The molecule has 1 aliphatic rings. The quantitative estimate of drug-likeness (QED) is 0.460. The van der Waals surface area contributed by atoms with Crippen molar-refractivity contribution in [3.63, 3.8) is 0 Å². The van der Waals surface area contributed by atoms with E-state index in [0.29, 0.717) is 5.92 Å². The summed E-state index contributed by atoms with van der Waals surface area (Å²) in [6.07, 6.45) is 4.75. The van der Waals surface area contributed by atoms with E-state index in [1.54, 1.807) is 12.4 Å². The molecule has 124 valence electrons. The molecule has 6 nitrogen and oxygen atoms in total. The molecule has 22 heavy (non-hydrogen) atoms. The van der Waals surface area contributed by atoms with E-state index in [2.05, 4.69) is 43.9 Å². The number of nitrogens with one attached hydrogen (secondary N) is 1. The largest absolute Gasteiger partial charge is 0.356 e. The van der Waals surface area contributed by atoms with Gasteiger partial charge in [0.15, 0.2) is 5.96 Å². The fourth-order valence-electron chi connectivity index (χ4n) is 2.38. The monoisotopic (exact) mass is 418 g/mol. The van der Waals surface area contributed by atoms with E-state index >= 15 is 0 Å². The van der Waals surface area contributed by atoms with Crippen LogP contribution in [0.25, 0.3) is 0 Å². The fraction of sp³-hybridized carbons (Fsp3) is 0.667. The van der Waals surface area contributed by atoms with Crippen molar-refractivity contribution < 1.29 is 0 Å². The summed E-state index contributed by atoms with van der Waals surface area (Å²) in [6, 6.07) is 1.85. The first-order valence-corrected chi connectivity index (χ1v) is 7.68. The third-order valence-corrected chi connectivity index (χ3v) is 3.63. The van der Waals surface area contributed by atoms with Crippen LogP contribution < -0.4 is 10.2 Å². The van der Waals surface area contributed by atoms with Gasteiger partial charge in [-0.1, -0.05) is 13.8 Å². The lowest BCUT2D eigenvalue weighted by Crippen LogP contribution is -2.53. The Balaban J connectivity index is 0.00000242. The summed E-state index contributed by atoms with van der Waals surface area (Å²) >= 11 is 0. The molecule has 1 N–H and O–H groups in total. The molecule has 0 aromatic carbocycles. The highest BCUT2D eigenvalue weighted by atomic mass is 127. The lowest BCUT2D eigenvalue weighted by atomic mass is 10.1. The average Bonchev–Trinajstić information content (AvgIpc) is 2.52. The number of anilines is 1. The van der Waals surface area contributed by atoms with Crippen molar-refractivity contribution in [3.8, 4) is 0 Å². The Morgan fingerprint density at radius 3 is 2.41 bits per heavy atom. The van der Waals surface area contributed by atoms with Crippen molar-refractivity contribution in [3.05, 3.63) is 18.5 Å². The number of hydrogen-bond acceptors (Lipinski definition) is 4. The van der Waals surface area contributed by atoms with E-state index in [9.17, 15) is 0 Å². The van der Waals surface area contributed by atoms with Crippen molar-refractivity contribution in [2.24, 2.45) is 10.9 Å². The molecular weight excluding hydrogens is 391 g/mol. The van der Waals surface area contributed by atoms with Gasteiger partial charge < -0.3 is 15.1 Å². The van der Waals surface area contributed by atoms with E-state index in [1.807, 2.05) is 13.1 Å². The molecular formula is C15H27IN6. The van der Waals surface area contributed by atoms with Crippen molar-refractivity contribution >= 4 is 35.9 Å². The van der Waals surface area contributed by atoms with Crippen LogP contribution in [0.1, 0.15) is 20.3 Å². The molecule has 1 aromatic heterocycles. The van der Waals surface area contributed by atoms with Gasteiger partial charge in [0.1, 0.15) is 0 Å². The number of aliphatic imine (C=N–C) groups is 1. The summed E-state index contributed by atoms with van der Waals surface area (Å²) < 4.78 is 0. The summed E-state index contributed by atoms with van der Waals surface area (Å²) in [5, 5.41) is 3.45. The van der Waals surface area contributed by atoms with Crippen molar-refractivity contribution in [1.29, 1.82) is 0 Å².